The molecule has 0 atom stereocenters. The van der Waals surface area contributed by atoms with E-state index in [-0.39, 0.29) is 18.0 Å². The number of methoxy groups -OCH3 is 1. The van der Waals surface area contributed by atoms with Gasteiger partial charge in [0.05, 0.1) is 23.8 Å². The zero-order chi connectivity index (χ0) is 16.0. The number of amides is 1. The van der Waals surface area contributed by atoms with Crippen molar-refractivity contribution in [2.75, 3.05) is 19.0 Å². The van der Waals surface area contributed by atoms with Crippen LogP contribution in [-0.4, -0.2) is 25.5 Å². The maximum absolute atomic E-state index is 12.5. The van der Waals surface area contributed by atoms with Crippen molar-refractivity contribution in [1.82, 2.24) is 0 Å². The summed E-state index contributed by atoms with van der Waals surface area (Å²) in [5, 5.41) is 3.18. The third-order valence-electron chi connectivity index (χ3n) is 3.86. The Labute approximate surface area is 129 Å². The van der Waals surface area contributed by atoms with Gasteiger partial charge in [0.1, 0.15) is 0 Å². The number of carbonyl (C=O) groups is 2. The standard InChI is InChI=1S/C15H21ClN2O3/c1-4-15(5-2,9-17)14(20)18-12-8-10(16)6-7-11(12)13(19)21-3/h6-8H,4-5,9,17H2,1-3H3,(H,18,20). The van der Waals surface area contributed by atoms with Gasteiger partial charge in [-0.25, -0.2) is 4.79 Å². The molecule has 0 aliphatic carbocycles. The minimum Gasteiger partial charge on any atom is -0.465 e. The molecule has 116 valence electrons. The molecule has 0 radical (unpaired) electrons. The highest BCUT2D eigenvalue weighted by Crippen LogP contribution is 2.29. The summed E-state index contributed by atoms with van der Waals surface area (Å²) >= 11 is 5.94. The number of anilines is 1. The Kier molecular flexibility index (Phi) is 6.18. The lowest BCUT2D eigenvalue weighted by molar-refractivity contribution is -0.125. The summed E-state index contributed by atoms with van der Waals surface area (Å²) in [5.41, 5.74) is 5.69. The van der Waals surface area contributed by atoms with Crippen LogP contribution in [0.5, 0.6) is 0 Å². The second-order valence-electron chi connectivity index (χ2n) is 4.83. The van der Waals surface area contributed by atoms with Crippen molar-refractivity contribution >= 4 is 29.2 Å². The number of nitrogens with two attached hydrogens (primary N) is 1. The van der Waals surface area contributed by atoms with Crippen LogP contribution >= 0.6 is 11.6 Å². The molecule has 0 saturated heterocycles. The lowest BCUT2D eigenvalue weighted by Gasteiger charge is -2.28. The number of benzene rings is 1. The highest BCUT2D eigenvalue weighted by Gasteiger charge is 2.34. The molecule has 1 aromatic rings. The van der Waals surface area contributed by atoms with Crippen LogP contribution in [0.1, 0.15) is 37.0 Å². The van der Waals surface area contributed by atoms with Gasteiger partial charge < -0.3 is 15.8 Å². The molecule has 0 aliphatic heterocycles. The predicted octanol–water partition coefficient (Wildman–Crippen LogP) is 2.83. The lowest BCUT2D eigenvalue weighted by Crippen LogP contribution is -2.41. The van der Waals surface area contributed by atoms with Crippen LogP contribution in [-0.2, 0) is 9.53 Å². The highest BCUT2D eigenvalue weighted by molar-refractivity contribution is 6.31. The Hall–Kier alpha value is -1.59. The fourth-order valence-corrected chi connectivity index (χ4v) is 2.29. The van der Waals surface area contributed by atoms with E-state index >= 15 is 0 Å². The first-order chi connectivity index (χ1) is 9.93. The average Bonchev–Trinajstić information content (AvgIpc) is 2.49. The van der Waals surface area contributed by atoms with Gasteiger partial charge in [0.25, 0.3) is 0 Å². The fraction of sp³-hybridized carbons (Fsp3) is 0.467. The first-order valence-corrected chi connectivity index (χ1v) is 7.21. The minimum absolute atomic E-state index is 0.220. The number of halogens is 1. The Morgan fingerprint density at radius 2 is 1.95 bits per heavy atom. The van der Waals surface area contributed by atoms with Crippen molar-refractivity contribution in [1.29, 1.82) is 0 Å². The third-order valence-corrected chi connectivity index (χ3v) is 4.10. The smallest absolute Gasteiger partial charge is 0.339 e. The van der Waals surface area contributed by atoms with Gasteiger partial charge in [-0.2, -0.15) is 0 Å². The number of hydrogen-bond donors (Lipinski definition) is 2. The van der Waals surface area contributed by atoms with Gasteiger partial charge in [-0.1, -0.05) is 25.4 Å². The summed E-state index contributed by atoms with van der Waals surface area (Å²) in [7, 11) is 1.28. The van der Waals surface area contributed by atoms with Crippen LogP contribution in [0.4, 0.5) is 5.69 Å². The molecule has 1 amide bonds. The quantitative estimate of drug-likeness (QED) is 0.791. The summed E-state index contributed by atoms with van der Waals surface area (Å²) < 4.78 is 4.70. The van der Waals surface area contributed by atoms with E-state index in [1.54, 1.807) is 6.07 Å². The molecule has 5 nitrogen and oxygen atoms in total. The lowest BCUT2D eigenvalue weighted by atomic mass is 9.81. The van der Waals surface area contributed by atoms with Crippen LogP contribution in [0.3, 0.4) is 0 Å². The number of ether oxygens (including phenoxy) is 1. The molecule has 1 rings (SSSR count). The second kappa shape index (κ2) is 7.43. The van der Waals surface area contributed by atoms with Crippen molar-refractivity contribution in [2.24, 2.45) is 11.1 Å². The SMILES string of the molecule is CCC(CC)(CN)C(=O)Nc1cc(Cl)ccc1C(=O)OC. The largest absolute Gasteiger partial charge is 0.465 e. The highest BCUT2D eigenvalue weighted by atomic mass is 35.5. The van der Waals surface area contributed by atoms with E-state index in [1.165, 1.54) is 19.2 Å². The second-order valence-corrected chi connectivity index (χ2v) is 5.26. The molecule has 21 heavy (non-hydrogen) atoms. The molecular weight excluding hydrogens is 292 g/mol. The molecule has 0 aliphatic rings. The van der Waals surface area contributed by atoms with Crippen LogP contribution in [0.25, 0.3) is 0 Å². The van der Waals surface area contributed by atoms with E-state index in [1.807, 2.05) is 13.8 Å². The van der Waals surface area contributed by atoms with Crippen LogP contribution < -0.4 is 11.1 Å². The number of carbonyl (C=O) groups excluding carboxylic acids is 2. The molecule has 6 heteroatoms. The molecule has 0 aromatic heterocycles. The molecule has 0 bridgehead atoms. The van der Waals surface area contributed by atoms with Crippen molar-refractivity contribution < 1.29 is 14.3 Å². The topological polar surface area (TPSA) is 81.4 Å². The monoisotopic (exact) mass is 312 g/mol. The fourth-order valence-electron chi connectivity index (χ4n) is 2.12. The van der Waals surface area contributed by atoms with Crippen LogP contribution in [0.2, 0.25) is 5.02 Å². The Bertz CT molecular complexity index is 519. The van der Waals surface area contributed by atoms with Crippen molar-refractivity contribution in [3.63, 3.8) is 0 Å². The van der Waals surface area contributed by atoms with Crippen LogP contribution in [0, 0.1) is 5.41 Å². The van der Waals surface area contributed by atoms with Crippen molar-refractivity contribution in [3.05, 3.63) is 28.8 Å². The number of rotatable bonds is 6. The van der Waals surface area contributed by atoms with Gasteiger partial charge in [0.15, 0.2) is 0 Å². The zero-order valence-electron chi connectivity index (χ0n) is 12.5. The summed E-state index contributed by atoms with van der Waals surface area (Å²) in [4.78, 5) is 24.3. The van der Waals surface area contributed by atoms with E-state index in [2.05, 4.69) is 5.32 Å². The molecule has 0 fully saturated rings. The number of hydrogen-bond acceptors (Lipinski definition) is 4. The molecule has 0 heterocycles. The summed E-state index contributed by atoms with van der Waals surface area (Å²) in [5.74, 6) is -0.754. The van der Waals surface area contributed by atoms with Gasteiger partial charge >= 0.3 is 5.97 Å². The summed E-state index contributed by atoms with van der Waals surface area (Å²) in [6.07, 6.45) is 1.22. The van der Waals surface area contributed by atoms with E-state index in [0.717, 1.165) is 0 Å². The van der Waals surface area contributed by atoms with E-state index in [0.29, 0.717) is 23.6 Å². The maximum Gasteiger partial charge on any atom is 0.339 e. The Balaban J connectivity index is 3.15. The molecule has 0 spiro atoms. The maximum atomic E-state index is 12.5. The van der Waals surface area contributed by atoms with Crippen molar-refractivity contribution in [3.8, 4) is 0 Å². The first kappa shape index (κ1) is 17.5. The Morgan fingerprint density at radius 1 is 1.33 bits per heavy atom. The van der Waals surface area contributed by atoms with Crippen molar-refractivity contribution in [2.45, 2.75) is 26.7 Å². The predicted molar refractivity (Wildman–Crippen MR) is 83.5 cm³/mol. The normalized spacial score (nSPS) is 11.1. The van der Waals surface area contributed by atoms with Gasteiger partial charge in [-0.3, -0.25) is 4.79 Å². The minimum atomic E-state index is -0.657. The number of esters is 1. The molecule has 0 saturated carbocycles. The molecule has 3 N–H and O–H groups in total. The van der Waals surface area contributed by atoms with E-state index in [4.69, 9.17) is 22.1 Å². The van der Waals surface area contributed by atoms with E-state index < -0.39 is 11.4 Å². The summed E-state index contributed by atoms with van der Waals surface area (Å²) in [6, 6.07) is 4.61. The zero-order valence-corrected chi connectivity index (χ0v) is 13.3. The molecule has 0 unspecified atom stereocenters. The van der Waals surface area contributed by atoms with Gasteiger partial charge in [0.2, 0.25) is 5.91 Å². The van der Waals surface area contributed by atoms with Gasteiger partial charge in [0, 0.05) is 11.6 Å². The van der Waals surface area contributed by atoms with E-state index in [9.17, 15) is 9.59 Å². The third kappa shape index (κ3) is 3.74. The van der Waals surface area contributed by atoms with Gasteiger partial charge in [-0.15, -0.1) is 0 Å². The molecule has 1 aromatic carbocycles. The van der Waals surface area contributed by atoms with Gasteiger partial charge in [-0.05, 0) is 31.0 Å². The number of nitrogens with one attached hydrogen (secondary N) is 1. The Morgan fingerprint density at radius 3 is 2.43 bits per heavy atom. The molecular formula is C15H21ClN2O3. The van der Waals surface area contributed by atoms with Crippen LogP contribution in [0.15, 0.2) is 18.2 Å². The average molecular weight is 313 g/mol. The summed E-state index contributed by atoms with van der Waals surface area (Å²) in [6.45, 7) is 4.06. The first-order valence-electron chi connectivity index (χ1n) is 6.83.